The average Bonchev–Trinajstić information content (AvgIpc) is 2.26. The molecule has 0 N–H and O–H groups in total. The van der Waals surface area contributed by atoms with Crippen LogP contribution < -0.4 is 4.89 Å². The summed E-state index contributed by atoms with van der Waals surface area (Å²) < 4.78 is 0. The Labute approximate surface area is 83.6 Å². The molecule has 0 saturated carbocycles. The fourth-order valence-corrected chi connectivity index (χ4v) is 0.814. The summed E-state index contributed by atoms with van der Waals surface area (Å²) in [5.41, 5.74) is 0. The molecule has 0 aliphatic carbocycles. The van der Waals surface area contributed by atoms with Crippen molar-refractivity contribution in [2.24, 2.45) is 5.92 Å². The van der Waals surface area contributed by atoms with Gasteiger partial charge in [0.05, 0.1) is 5.92 Å². The Morgan fingerprint density at radius 3 is 2.57 bits per heavy atom. The Morgan fingerprint density at radius 2 is 2.00 bits per heavy atom. The van der Waals surface area contributed by atoms with Gasteiger partial charge < -0.3 is 0 Å². The third-order valence-corrected chi connectivity index (χ3v) is 1.98. The third kappa shape index (κ3) is 3.09. The molecule has 1 unspecified atom stereocenters. The predicted octanol–water partition coefficient (Wildman–Crippen LogP) is 2.57. The highest BCUT2D eigenvalue weighted by Crippen LogP contribution is 2.10. The quantitative estimate of drug-likeness (QED) is 0.546. The average molecular weight is 194 g/mol. The Hall–Kier alpha value is -1.51. The van der Waals surface area contributed by atoms with E-state index in [-0.39, 0.29) is 11.9 Å². The summed E-state index contributed by atoms with van der Waals surface area (Å²) in [6.45, 7) is 3.73. The zero-order valence-electron chi connectivity index (χ0n) is 8.40. The van der Waals surface area contributed by atoms with E-state index in [0.29, 0.717) is 5.75 Å². The van der Waals surface area contributed by atoms with Gasteiger partial charge in [-0.3, -0.25) is 9.78 Å². The fourth-order valence-electron chi connectivity index (χ4n) is 0.814. The van der Waals surface area contributed by atoms with Crippen LogP contribution in [0, 0.1) is 5.92 Å². The number of para-hydroxylation sites is 1. The van der Waals surface area contributed by atoms with Crippen LogP contribution in [0.1, 0.15) is 20.3 Å². The van der Waals surface area contributed by atoms with Gasteiger partial charge in [0.1, 0.15) is 0 Å². The fraction of sp³-hybridized carbons (Fsp3) is 0.364. The topological polar surface area (TPSA) is 35.5 Å². The molecule has 0 saturated heterocycles. The molecule has 14 heavy (non-hydrogen) atoms. The van der Waals surface area contributed by atoms with Gasteiger partial charge in [-0.25, -0.2) is 4.79 Å². The van der Waals surface area contributed by atoms with E-state index in [4.69, 9.17) is 4.89 Å². The molecular formula is C11H14O3. The van der Waals surface area contributed by atoms with E-state index in [0.717, 1.165) is 6.42 Å². The Kier molecular flexibility index (Phi) is 3.98. The van der Waals surface area contributed by atoms with E-state index in [1.54, 1.807) is 19.1 Å². The predicted molar refractivity (Wildman–Crippen MR) is 52.6 cm³/mol. The van der Waals surface area contributed by atoms with Crippen molar-refractivity contribution in [1.29, 1.82) is 0 Å². The number of rotatable bonds is 4. The van der Waals surface area contributed by atoms with Crippen molar-refractivity contribution in [2.45, 2.75) is 20.3 Å². The summed E-state index contributed by atoms with van der Waals surface area (Å²) in [6, 6.07) is 8.94. The molecule has 0 radical (unpaired) electrons. The molecule has 3 heteroatoms. The van der Waals surface area contributed by atoms with Crippen LogP contribution in [0.25, 0.3) is 0 Å². The Morgan fingerprint density at radius 1 is 1.36 bits per heavy atom. The van der Waals surface area contributed by atoms with Crippen molar-refractivity contribution in [3.8, 4) is 5.75 Å². The van der Waals surface area contributed by atoms with E-state index in [1.807, 2.05) is 25.1 Å². The van der Waals surface area contributed by atoms with Crippen molar-refractivity contribution in [2.75, 3.05) is 0 Å². The van der Waals surface area contributed by atoms with Crippen molar-refractivity contribution in [3.63, 3.8) is 0 Å². The maximum absolute atomic E-state index is 11.2. The van der Waals surface area contributed by atoms with Gasteiger partial charge in [-0.1, -0.05) is 32.0 Å². The minimum absolute atomic E-state index is 0.126. The molecule has 0 spiro atoms. The van der Waals surface area contributed by atoms with Gasteiger partial charge in [0.2, 0.25) is 0 Å². The van der Waals surface area contributed by atoms with Crippen LogP contribution in [0.4, 0.5) is 0 Å². The zero-order valence-corrected chi connectivity index (χ0v) is 8.40. The molecule has 1 aromatic carbocycles. The highest BCUT2D eigenvalue weighted by atomic mass is 17.2. The highest BCUT2D eigenvalue weighted by Gasteiger charge is 2.13. The summed E-state index contributed by atoms with van der Waals surface area (Å²) in [4.78, 5) is 20.7. The van der Waals surface area contributed by atoms with Gasteiger partial charge in [0.25, 0.3) is 0 Å². The second kappa shape index (κ2) is 5.27. The number of benzene rings is 1. The minimum atomic E-state index is -0.337. The van der Waals surface area contributed by atoms with Crippen molar-refractivity contribution >= 4 is 5.97 Å². The van der Waals surface area contributed by atoms with Crippen molar-refractivity contribution in [3.05, 3.63) is 30.3 Å². The lowest BCUT2D eigenvalue weighted by molar-refractivity contribution is -0.218. The van der Waals surface area contributed by atoms with Crippen LogP contribution in [0.15, 0.2) is 30.3 Å². The van der Waals surface area contributed by atoms with Gasteiger partial charge >= 0.3 is 5.97 Å². The molecule has 0 aromatic heterocycles. The zero-order chi connectivity index (χ0) is 10.4. The number of carbonyl (C=O) groups excluding carboxylic acids is 1. The van der Waals surface area contributed by atoms with Crippen LogP contribution in [0.3, 0.4) is 0 Å². The van der Waals surface area contributed by atoms with E-state index >= 15 is 0 Å². The van der Waals surface area contributed by atoms with E-state index in [9.17, 15) is 4.79 Å². The Balaban J connectivity index is 2.38. The molecule has 1 aromatic rings. The number of hydrogen-bond donors (Lipinski definition) is 0. The van der Waals surface area contributed by atoms with Crippen LogP contribution in [-0.2, 0) is 9.68 Å². The lowest BCUT2D eigenvalue weighted by atomic mass is 10.1. The van der Waals surface area contributed by atoms with Crippen LogP contribution in [0.2, 0.25) is 0 Å². The first kappa shape index (κ1) is 10.6. The lowest BCUT2D eigenvalue weighted by Gasteiger charge is -2.07. The molecule has 0 aliphatic heterocycles. The number of carbonyl (C=O) groups is 1. The molecule has 0 bridgehead atoms. The van der Waals surface area contributed by atoms with Crippen molar-refractivity contribution in [1.82, 2.24) is 0 Å². The SMILES string of the molecule is CCC(C)C(=O)OOc1ccccc1. The standard InChI is InChI=1S/C11H14O3/c1-3-9(2)11(12)14-13-10-7-5-4-6-8-10/h4-9H,3H2,1-2H3. The van der Waals surface area contributed by atoms with Crippen molar-refractivity contribution < 1.29 is 14.6 Å². The second-order valence-electron chi connectivity index (χ2n) is 3.11. The minimum Gasteiger partial charge on any atom is -0.287 e. The van der Waals surface area contributed by atoms with Gasteiger partial charge in [-0.2, -0.15) is 0 Å². The molecule has 0 amide bonds. The van der Waals surface area contributed by atoms with Crippen LogP contribution in [-0.4, -0.2) is 5.97 Å². The monoisotopic (exact) mass is 194 g/mol. The largest absolute Gasteiger partial charge is 0.358 e. The smallest absolute Gasteiger partial charge is 0.287 e. The molecule has 76 valence electrons. The first-order chi connectivity index (χ1) is 6.74. The summed E-state index contributed by atoms with van der Waals surface area (Å²) in [5, 5.41) is 0. The molecule has 1 atom stereocenters. The van der Waals surface area contributed by atoms with Crippen LogP contribution in [0.5, 0.6) is 5.75 Å². The molecule has 0 aliphatic rings. The van der Waals surface area contributed by atoms with Gasteiger partial charge in [0.15, 0.2) is 5.75 Å². The second-order valence-corrected chi connectivity index (χ2v) is 3.11. The molecule has 3 nitrogen and oxygen atoms in total. The molecular weight excluding hydrogens is 180 g/mol. The number of hydrogen-bond acceptors (Lipinski definition) is 3. The maximum atomic E-state index is 11.2. The van der Waals surface area contributed by atoms with E-state index < -0.39 is 0 Å². The molecule has 0 fully saturated rings. The Bertz CT molecular complexity index is 282. The van der Waals surface area contributed by atoms with E-state index in [1.165, 1.54) is 0 Å². The maximum Gasteiger partial charge on any atom is 0.358 e. The van der Waals surface area contributed by atoms with Crippen LogP contribution >= 0.6 is 0 Å². The van der Waals surface area contributed by atoms with Gasteiger partial charge in [-0.15, -0.1) is 0 Å². The molecule has 1 rings (SSSR count). The van der Waals surface area contributed by atoms with Gasteiger partial charge in [-0.05, 0) is 18.6 Å². The summed E-state index contributed by atoms with van der Waals surface area (Å²) in [6.07, 6.45) is 0.747. The lowest BCUT2D eigenvalue weighted by Crippen LogP contribution is -2.15. The first-order valence-corrected chi connectivity index (χ1v) is 4.67. The highest BCUT2D eigenvalue weighted by molar-refractivity contribution is 5.71. The first-order valence-electron chi connectivity index (χ1n) is 4.67. The third-order valence-electron chi connectivity index (χ3n) is 1.98. The summed E-state index contributed by atoms with van der Waals surface area (Å²) in [5.74, 6) is 0.0687. The normalized spacial score (nSPS) is 11.9. The summed E-state index contributed by atoms with van der Waals surface area (Å²) >= 11 is 0. The summed E-state index contributed by atoms with van der Waals surface area (Å²) in [7, 11) is 0. The van der Waals surface area contributed by atoms with Gasteiger partial charge in [0, 0.05) is 0 Å². The van der Waals surface area contributed by atoms with E-state index in [2.05, 4.69) is 4.89 Å². The molecule has 0 heterocycles.